The molecule has 0 aliphatic carbocycles. The van der Waals surface area contributed by atoms with Crippen LogP contribution in [0.2, 0.25) is 0 Å². The third-order valence-electron chi connectivity index (χ3n) is 5.75. The number of pyridine rings is 1. The van der Waals surface area contributed by atoms with Crippen LogP contribution in [0.15, 0.2) is 29.2 Å². The maximum absolute atomic E-state index is 13.8. The van der Waals surface area contributed by atoms with Crippen molar-refractivity contribution in [2.24, 2.45) is 5.41 Å². The van der Waals surface area contributed by atoms with E-state index in [1.807, 2.05) is 0 Å². The van der Waals surface area contributed by atoms with Gasteiger partial charge < -0.3 is 24.6 Å². The number of carbonyl (C=O) groups is 2. The predicted octanol–water partition coefficient (Wildman–Crippen LogP) is 2.27. The number of fused-ring (bicyclic) bond motifs is 1. The number of hydrogen-bond acceptors (Lipinski definition) is 6. The van der Waals surface area contributed by atoms with Gasteiger partial charge in [0.2, 0.25) is 5.43 Å². The van der Waals surface area contributed by atoms with Gasteiger partial charge in [0.1, 0.15) is 22.9 Å². The quantitative estimate of drug-likeness (QED) is 0.499. The lowest BCUT2D eigenvalue weighted by atomic mass is 9.77. The van der Waals surface area contributed by atoms with Gasteiger partial charge in [0.25, 0.3) is 5.91 Å². The first-order valence-corrected chi connectivity index (χ1v) is 12.7. The van der Waals surface area contributed by atoms with Crippen molar-refractivity contribution in [1.82, 2.24) is 9.88 Å². The Bertz CT molecular complexity index is 1250. The highest BCUT2D eigenvalue weighted by Crippen LogP contribution is 2.38. The van der Waals surface area contributed by atoms with Gasteiger partial charge in [-0.1, -0.05) is 6.07 Å². The number of hydrogen-bond donors (Lipinski definition) is 3. The van der Waals surface area contributed by atoms with Crippen molar-refractivity contribution >= 4 is 19.1 Å². The van der Waals surface area contributed by atoms with Gasteiger partial charge in [-0.25, -0.2) is 8.78 Å². The molecule has 0 fully saturated rings. The molecule has 3 N–H and O–H groups in total. The Balaban J connectivity index is 1.88. The van der Waals surface area contributed by atoms with Crippen molar-refractivity contribution < 1.29 is 37.7 Å². The van der Waals surface area contributed by atoms with E-state index in [1.54, 1.807) is 13.8 Å². The summed E-state index contributed by atoms with van der Waals surface area (Å²) in [5.41, 5.74) is -3.01. The van der Waals surface area contributed by atoms with E-state index >= 15 is 0 Å². The molecule has 12 heteroatoms. The number of carbonyl (C=O) groups excluding carboxylic acids is 2. The van der Waals surface area contributed by atoms with Crippen molar-refractivity contribution in [2.75, 3.05) is 19.4 Å². The zero-order chi connectivity index (χ0) is 25.4. The first-order chi connectivity index (χ1) is 15.7. The van der Waals surface area contributed by atoms with Crippen LogP contribution < -0.4 is 10.7 Å². The fourth-order valence-corrected chi connectivity index (χ4v) is 4.06. The molecule has 1 aliphatic rings. The van der Waals surface area contributed by atoms with Crippen LogP contribution in [-0.2, 0) is 22.4 Å². The van der Waals surface area contributed by atoms with Crippen LogP contribution >= 0.6 is 7.37 Å². The fraction of sp³-hybridized carbons (Fsp3) is 0.409. The SMILES string of the molecule is CC1(C)C(=O)c2c(O)c(=O)c(C(=O)NCc3ccc(F)cc3F)cn2CC1OCCP(C)(=O)O. The molecule has 0 bridgehead atoms. The van der Waals surface area contributed by atoms with Crippen LogP contribution in [0.3, 0.4) is 0 Å². The first-order valence-electron chi connectivity index (χ1n) is 10.4. The van der Waals surface area contributed by atoms with E-state index < -0.39 is 59.0 Å². The Morgan fingerprint density at radius 3 is 2.62 bits per heavy atom. The zero-order valence-corrected chi connectivity index (χ0v) is 19.7. The maximum atomic E-state index is 13.8. The number of rotatable bonds is 7. The number of ketones is 1. The summed E-state index contributed by atoms with van der Waals surface area (Å²) >= 11 is 0. The molecule has 3 rings (SSSR count). The molecule has 184 valence electrons. The molecule has 2 aromatic rings. The molecule has 1 aliphatic heterocycles. The Morgan fingerprint density at radius 2 is 2.00 bits per heavy atom. The molecule has 2 atom stereocenters. The predicted molar refractivity (Wildman–Crippen MR) is 118 cm³/mol. The molecule has 1 aromatic carbocycles. The second-order valence-corrected chi connectivity index (χ2v) is 11.4. The number of nitrogens with zero attached hydrogens (tertiary/aromatic N) is 1. The number of ether oxygens (including phenoxy) is 1. The summed E-state index contributed by atoms with van der Waals surface area (Å²) in [4.78, 5) is 47.8. The molecular formula is C22H25F2N2O7P. The van der Waals surface area contributed by atoms with Crippen LogP contribution in [-0.4, -0.2) is 51.8 Å². The first kappa shape index (κ1) is 25.7. The normalized spacial score (nSPS) is 18.8. The Kier molecular flexibility index (Phi) is 7.12. The minimum Gasteiger partial charge on any atom is -0.503 e. The Morgan fingerprint density at radius 1 is 1.32 bits per heavy atom. The van der Waals surface area contributed by atoms with Crippen molar-refractivity contribution in [3.63, 3.8) is 0 Å². The summed E-state index contributed by atoms with van der Waals surface area (Å²) in [5.74, 6) is -4.08. The highest BCUT2D eigenvalue weighted by molar-refractivity contribution is 7.57. The average molecular weight is 498 g/mol. The molecule has 2 heterocycles. The lowest BCUT2D eigenvalue weighted by Gasteiger charge is -2.39. The summed E-state index contributed by atoms with van der Waals surface area (Å²) in [6, 6.07) is 2.82. The minimum atomic E-state index is -3.33. The molecule has 0 spiro atoms. The van der Waals surface area contributed by atoms with E-state index in [0.29, 0.717) is 6.07 Å². The largest absolute Gasteiger partial charge is 0.503 e. The number of amides is 1. The minimum absolute atomic E-state index is 0.0143. The number of benzene rings is 1. The van der Waals surface area contributed by atoms with Gasteiger partial charge in [-0.2, -0.15) is 0 Å². The second-order valence-electron chi connectivity index (χ2n) is 8.82. The van der Waals surface area contributed by atoms with Crippen LogP contribution in [0, 0.1) is 17.0 Å². The lowest BCUT2D eigenvalue weighted by molar-refractivity contribution is -0.0274. The number of aromatic hydroxyl groups is 1. The average Bonchev–Trinajstić information content (AvgIpc) is 2.72. The smallest absolute Gasteiger partial charge is 0.257 e. The maximum Gasteiger partial charge on any atom is 0.257 e. The number of nitrogens with one attached hydrogen (secondary N) is 1. The molecule has 2 unspecified atom stereocenters. The highest BCUT2D eigenvalue weighted by atomic mass is 31.2. The van der Waals surface area contributed by atoms with E-state index in [0.717, 1.165) is 18.3 Å². The van der Waals surface area contributed by atoms with Crippen molar-refractivity contribution in [2.45, 2.75) is 33.0 Å². The van der Waals surface area contributed by atoms with Crippen molar-refractivity contribution in [3.8, 4) is 5.75 Å². The molecule has 0 saturated heterocycles. The van der Waals surface area contributed by atoms with E-state index in [-0.39, 0.29) is 37.1 Å². The molecule has 9 nitrogen and oxygen atoms in total. The number of aromatic nitrogens is 1. The highest BCUT2D eigenvalue weighted by Gasteiger charge is 2.45. The van der Waals surface area contributed by atoms with E-state index in [2.05, 4.69) is 5.32 Å². The Hall–Kier alpha value is -2.88. The van der Waals surface area contributed by atoms with E-state index in [4.69, 9.17) is 4.74 Å². The lowest BCUT2D eigenvalue weighted by Crippen LogP contribution is -2.48. The summed E-state index contributed by atoms with van der Waals surface area (Å²) in [6.07, 6.45) is 0.211. The van der Waals surface area contributed by atoms with Crippen LogP contribution in [0.4, 0.5) is 8.78 Å². The summed E-state index contributed by atoms with van der Waals surface area (Å²) in [5, 5.41) is 12.8. The Labute approximate surface area is 193 Å². The van der Waals surface area contributed by atoms with Gasteiger partial charge in [-0.3, -0.25) is 18.9 Å². The van der Waals surface area contributed by atoms with Crippen molar-refractivity contribution in [3.05, 3.63) is 63.1 Å². The van der Waals surface area contributed by atoms with Crippen LogP contribution in [0.1, 0.15) is 40.3 Å². The molecule has 1 aromatic heterocycles. The summed E-state index contributed by atoms with van der Waals surface area (Å²) < 4.78 is 45.3. The molecule has 34 heavy (non-hydrogen) atoms. The van der Waals surface area contributed by atoms with Gasteiger partial charge in [-0.05, 0) is 19.9 Å². The molecule has 0 saturated carbocycles. The second kappa shape index (κ2) is 9.40. The van der Waals surface area contributed by atoms with E-state index in [1.165, 1.54) is 11.2 Å². The van der Waals surface area contributed by atoms with Gasteiger partial charge in [-0.15, -0.1) is 0 Å². The van der Waals surface area contributed by atoms with Crippen molar-refractivity contribution in [1.29, 1.82) is 0 Å². The van der Waals surface area contributed by atoms with Gasteiger partial charge in [0, 0.05) is 37.2 Å². The van der Waals surface area contributed by atoms with E-state index in [9.17, 15) is 37.7 Å². The standard InChI is InChI=1S/C22H25F2N2O7P/c1-22(2)16(33-6-7-34(3,31)32)11-26-10-14(18(27)19(28)17(26)20(22)29)21(30)25-9-12-4-5-13(23)8-15(12)24/h4-5,8,10,16,28H,6-7,9,11H2,1-3H3,(H,25,30)(H,31,32). The topological polar surface area (TPSA) is 135 Å². The van der Waals surface area contributed by atoms with Gasteiger partial charge in [0.05, 0.1) is 24.7 Å². The monoisotopic (exact) mass is 498 g/mol. The zero-order valence-electron chi connectivity index (χ0n) is 18.8. The number of halogens is 2. The molecule has 1 amide bonds. The molecular weight excluding hydrogens is 473 g/mol. The third kappa shape index (κ3) is 5.27. The summed E-state index contributed by atoms with van der Waals surface area (Å²) in [7, 11) is -3.33. The van der Waals surface area contributed by atoms with Crippen LogP contribution in [0.5, 0.6) is 5.75 Å². The van der Waals surface area contributed by atoms with Gasteiger partial charge >= 0.3 is 0 Å². The van der Waals surface area contributed by atoms with Gasteiger partial charge in [0.15, 0.2) is 18.9 Å². The fourth-order valence-electron chi connectivity index (χ4n) is 3.61. The third-order valence-corrected chi connectivity index (χ3v) is 6.76. The van der Waals surface area contributed by atoms with Crippen LogP contribution in [0.25, 0.3) is 0 Å². The number of Topliss-reactive ketones (excluding diaryl/α,β-unsaturated/α-hetero) is 1. The summed E-state index contributed by atoms with van der Waals surface area (Å²) in [6.45, 7) is 3.86. The molecule has 0 radical (unpaired) electrons.